The quantitative estimate of drug-likeness (QED) is 0.710. The van der Waals surface area contributed by atoms with Crippen LogP contribution in [0.2, 0.25) is 0 Å². The summed E-state index contributed by atoms with van der Waals surface area (Å²) in [6.07, 6.45) is 4.42. The number of rotatable bonds is 5. The van der Waals surface area contributed by atoms with Gasteiger partial charge in [-0.2, -0.15) is 0 Å². The number of carboxylic acids is 1. The fraction of sp³-hybridized carbons (Fsp3) is 0.909. The summed E-state index contributed by atoms with van der Waals surface area (Å²) >= 11 is 0. The molecular weight excluding hydrogens is 178 g/mol. The first kappa shape index (κ1) is 11.5. The first-order valence-electron chi connectivity index (χ1n) is 5.65. The maximum absolute atomic E-state index is 10.9. The lowest BCUT2D eigenvalue weighted by atomic mass is 9.86. The minimum atomic E-state index is -0.682. The molecule has 1 aliphatic heterocycles. The van der Waals surface area contributed by atoms with E-state index in [1.807, 2.05) is 0 Å². The molecule has 14 heavy (non-hydrogen) atoms. The van der Waals surface area contributed by atoms with Crippen LogP contribution in [0.3, 0.4) is 0 Å². The predicted octanol–water partition coefficient (Wildman–Crippen LogP) is 1.88. The molecule has 1 saturated heterocycles. The van der Waals surface area contributed by atoms with Crippen LogP contribution in [0.1, 0.15) is 39.5 Å². The van der Waals surface area contributed by atoms with Crippen LogP contribution in [0.4, 0.5) is 0 Å². The third-order valence-corrected chi connectivity index (χ3v) is 3.41. The van der Waals surface area contributed by atoms with Gasteiger partial charge in [-0.3, -0.25) is 4.79 Å². The minimum absolute atomic E-state index is 0.296. The molecule has 0 aromatic rings. The van der Waals surface area contributed by atoms with E-state index in [1.165, 1.54) is 12.8 Å². The van der Waals surface area contributed by atoms with Crippen molar-refractivity contribution in [3.8, 4) is 0 Å². The van der Waals surface area contributed by atoms with E-state index in [0.717, 1.165) is 19.4 Å². The van der Waals surface area contributed by atoms with Crippen molar-refractivity contribution >= 4 is 5.97 Å². The van der Waals surface area contributed by atoms with Gasteiger partial charge in [-0.25, -0.2) is 0 Å². The van der Waals surface area contributed by atoms with Gasteiger partial charge in [0.15, 0.2) is 0 Å². The Morgan fingerprint density at radius 2 is 2.14 bits per heavy atom. The molecule has 2 atom stereocenters. The van der Waals surface area contributed by atoms with Crippen molar-refractivity contribution in [2.45, 2.75) is 45.6 Å². The van der Waals surface area contributed by atoms with E-state index >= 15 is 0 Å². The summed E-state index contributed by atoms with van der Waals surface area (Å²) in [4.78, 5) is 10.9. The van der Waals surface area contributed by atoms with Crippen molar-refractivity contribution in [2.24, 2.45) is 11.8 Å². The Morgan fingerprint density at radius 1 is 1.50 bits per heavy atom. The van der Waals surface area contributed by atoms with Crippen molar-refractivity contribution in [1.29, 1.82) is 0 Å². The second kappa shape index (κ2) is 5.35. The highest BCUT2D eigenvalue weighted by Gasteiger charge is 2.33. The average Bonchev–Trinajstić information content (AvgIpc) is 2.62. The van der Waals surface area contributed by atoms with E-state index in [9.17, 15) is 4.79 Å². The topological polar surface area (TPSA) is 49.3 Å². The summed E-state index contributed by atoms with van der Waals surface area (Å²) in [5, 5.41) is 12.0. The van der Waals surface area contributed by atoms with Crippen LogP contribution in [0.25, 0.3) is 0 Å². The van der Waals surface area contributed by atoms with E-state index in [0.29, 0.717) is 11.8 Å². The van der Waals surface area contributed by atoms with Crippen molar-refractivity contribution < 1.29 is 9.90 Å². The largest absolute Gasteiger partial charge is 0.480 e. The highest BCUT2D eigenvalue weighted by molar-refractivity contribution is 5.74. The van der Waals surface area contributed by atoms with Gasteiger partial charge in [0.1, 0.15) is 6.04 Å². The molecule has 1 heterocycles. The van der Waals surface area contributed by atoms with Gasteiger partial charge in [0.05, 0.1) is 0 Å². The van der Waals surface area contributed by atoms with Crippen LogP contribution >= 0.6 is 0 Å². The van der Waals surface area contributed by atoms with Crippen molar-refractivity contribution in [2.75, 3.05) is 6.54 Å². The monoisotopic (exact) mass is 199 g/mol. The van der Waals surface area contributed by atoms with Crippen LogP contribution < -0.4 is 5.32 Å². The van der Waals surface area contributed by atoms with E-state index in [4.69, 9.17) is 5.11 Å². The maximum atomic E-state index is 10.9. The second-order valence-electron chi connectivity index (χ2n) is 4.24. The Labute approximate surface area is 85.9 Å². The molecule has 1 rings (SSSR count). The molecule has 1 aliphatic rings. The highest BCUT2D eigenvalue weighted by Crippen LogP contribution is 2.27. The molecule has 3 nitrogen and oxygen atoms in total. The smallest absolute Gasteiger partial charge is 0.320 e. The molecule has 0 aliphatic carbocycles. The third-order valence-electron chi connectivity index (χ3n) is 3.41. The Kier molecular flexibility index (Phi) is 4.39. The standard InChI is InChI=1S/C11H21NO2/c1-3-8(4-2)7-9-5-6-12-10(9)11(13)14/h8-10,12H,3-7H2,1-2H3,(H,13,14). The van der Waals surface area contributed by atoms with Crippen molar-refractivity contribution in [1.82, 2.24) is 5.32 Å². The van der Waals surface area contributed by atoms with Gasteiger partial charge >= 0.3 is 5.97 Å². The van der Waals surface area contributed by atoms with Crippen LogP contribution in [0.5, 0.6) is 0 Å². The van der Waals surface area contributed by atoms with E-state index in [1.54, 1.807) is 0 Å². The molecule has 0 aromatic carbocycles. The first-order chi connectivity index (χ1) is 6.69. The predicted molar refractivity (Wildman–Crippen MR) is 56.2 cm³/mol. The minimum Gasteiger partial charge on any atom is -0.480 e. The molecule has 2 unspecified atom stereocenters. The van der Waals surface area contributed by atoms with E-state index in [2.05, 4.69) is 19.2 Å². The summed E-state index contributed by atoms with van der Waals surface area (Å²) in [5.74, 6) is 0.359. The maximum Gasteiger partial charge on any atom is 0.320 e. The molecular formula is C11H21NO2. The number of aliphatic carboxylic acids is 1. The zero-order chi connectivity index (χ0) is 10.6. The summed E-state index contributed by atoms with van der Waals surface area (Å²) in [6.45, 7) is 5.24. The zero-order valence-electron chi connectivity index (χ0n) is 9.12. The van der Waals surface area contributed by atoms with Crippen LogP contribution in [0.15, 0.2) is 0 Å². The Morgan fingerprint density at radius 3 is 2.64 bits per heavy atom. The normalized spacial score (nSPS) is 27.1. The molecule has 0 aromatic heterocycles. The Balaban J connectivity index is 2.46. The van der Waals surface area contributed by atoms with Gasteiger partial charge in [-0.15, -0.1) is 0 Å². The molecule has 1 fully saturated rings. The first-order valence-corrected chi connectivity index (χ1v) is 5.65. The van der Waals surface area contributed by atoms with Gasteiger partial charge < -0.3 is 10.4 Å². The third kappa shape index (κ3) is 2.71. The summed E-state index contributed by atoms with van der Waals surface area (Å²) in [6, 6.07) is -0.296. The van der Waals surface area contributed by atoms with Gasteiger partial charge in [-0.05, 0) is 31.2 Å². The molecule has 0 saturated carbocycles. The zero-order valence-corrected chi connectivity index (χ0v) is 9.12. The number of nitrogens with one attached hydrogen (secondary N) is 1. The molecule has 2 N–H and O–H groups in total. The second-order valence-corrected chi connectivity index (χ2v) is 4.24. The Hall–Kier alpha value is -0.570. The lowest BCUT2D eigenvalue weighted by molar-refractivity contribution is -0.140. The van der Waals surface area contributed by atoms with Gasteiger partial charge in [0, 0.05) is 0 Å². The lowest BCUT2D eigenvalue weighted by Gasteiger charge is -2.20. The van der Waals surface area contributed by atoms with Gasteiger partial charge in [0.2, 0.25) is 0 Å². The van der Waals surface area contributed by atoms with Crippen molar-refractivity contribution in [3.05, 3.63) is 0 Å². The summed E-state index contributed by atoms with van der Waals surface area (Å²) in [5.41, 5.74) is 0. The number of hydrogen-bond acceptors (Lipinski definition) is 2. The molecule has 3 heteroatoms. The molecule has 82 valence electrons. The number of carboxylic acid groups (broad SMARTS) is 1. The Bertz CT molecular complexity index is 190. The van der Waals surface area contributed by atoms with Gasteiger partial charge in [-0.1, -0.05) is 26.7 Å². The molecule has 0 amide bonds. The number of hydrogen-bond donors (Lipinski definition) is 2. The van der Waals surface area contributed by atoms with Gasteiger partial charge in [0.25, 0.3) is 0 Å². The molecule has 0 radical (unpaired) electrons. The van der Waals surface area contributed by atoms with Crippen molar-refractivity contribution in [3.63, 3.8) is 0 Å². The van der Waals surface area contributed by atoms with Crippen LogP contribution in [-0.4, -0.2) is 23.7 Å². The lowest BCUT2D eigenvalue weighted by Crippen LogP contribution is -2.36. The fourth-order valence-corrected chi connectivity index (χ4v) is 2.35. The van der Waals surface area contributed by atoms with E-state index in [-0.39, 0.29) is 6.04 Å². The highest BCUT2D eigenvalue weighted by atomic mass is 16.4. The average molecular weight is 199 g/mol. The summed E-state index contributed by atoms with van der Waals surface area (Å²) in [7, 11) is 0. The van der Waals surface area contributed by atoms with E-state index < -0.39 is 5.97 Å². The number of carbonyl (C=O) groups is 1. The van der Waals surface area contributed by atoms with Crippen LogP contribution in [0, 0.1) is 11.8 Å². The molecule has 0 bridgehead atoms. The SMILES string of the molecule is CCC(CC)CC1CCNC1C(=O)O. The van der Waals surface area contributed by atoms with Crippen LogP contribution in [-0.2, 0) is 4.79 Å². The molecule has 0 spiro atoms. The fourth-order valence-electron chi connectivity index (χ4n) is 2.35. The summed E-state index contributed by atoms with van der Waals surface area (Å²) < 4.78 is 0.